The Morgan fingerprint density at radius 3 is 2.43 bits per heavy atom. The van der Waals surface area contributed by atoms with Crippen molar-refractivity contribution in [3.05, 3.63) is 108 Å². The number of benzene rings is 3. The fourth-order valence-corrected chi connectivity index (χ4v) is 4.09. The zero-order valence-corrected chi connectivity index (χ0v) is 17.2. The molecule has 0 fully saturated rings. The fourth-order valence-electron chi connectivity index (χ4n) is 4.09. The molecule has 4 heteroatoms. The Morgan fingerprint density at radius 1 is 0.967 bits per heavy atom. The van der Waals surface area contributed by atoms with E-state index in [1.807, 2.05) is 68.7 Å². The molecular weight excluding hydrogens is 375 g/mol. The maximum absolute atomic E-state index is 14.0. The number of para-hydroxylation sites is 1. The summed E-state index contributed by atoms with van der Waals surface area (Å²) < 4.78 is 16.1. The summed E-state index contributed by atoms with van der Waals surface area (Å²) in [5.74, 6) is -0.598. The Kier molecular flexibility index (Phi) is 5.66. The van der Waals surface area contributed by atoms with Crippen LogP contribution in [0.5, 0.6) is 0 Å². The van der Waals surface area contributed by atoms with Crippen LogP contribution in [0.2, 0.25) is 0 Å². The maximum Gasteiger partial charge on any atom is 0.221 e. The van der Waals surface area contributed by atoms with Gasteiger partial charge in [-0.2, -0.15) is 0 Å². The van der Waals surface area contributed by atoms with Crippen LogP contribution in [0.4, 0.5) is 4.39 Å². The number of halogens is 1. The minimum atomic E-state index is -0.296. The van der Waals surface area contributed by atoms with Crippen LogP contribution in [0.25, 0.3) is 10.9 Å². The van der Waals surface area contributed by atoms with Crippen LogP contribution < -0.4 is 5.32 Å². The van der Waals surface area contributed by atoms with E-state index in [2.05, 4.69) is 22.0 Å². The lowest BCUT2D eigenvalue weighted by molar-refractivity contribution is -0.121. The fraction of sp³-hybridized carbons (Fsp3) is 0.192. The normalized spacial score (nSPS) is 13.2. The molecule has 0 saturated carbocycles. The molecule has 1 amide bonds. The minimum Gasteiger partial charge on any atom is -0.350 e. The van der Waals surface area contributed by atoms with Crippen molar-refractivity contribution in [1.29, 1.82) is 0 Å². The Balaban J connectivity index is 1.67. The molecule has 4 aromatic rings. The van der Waals surface area contributed by atoms with Crippen LogP contribution in [0.3, 0.4) is 0 Å². The summed E-state index contributed by atoms with van der Waals surface area (Å²) in [4.78, 5) is 13.0. The molecule has 0 saturated heterocycles. The van der Waals surface area contributed by atoms with Crippen molar-refractivity contribution >= 4 is 16.8 Å². The van der Waals surface area contributed by atoms with Crippen molar-refractivity contribution < 1.29 is 9.18 Å². The summed E-state index contributed by atoms with van der Waals surface area (Å²) in [5.41, 5.74) is 3.97. The Morgan fingerprint density at radius 2 is 1.67 bits per heavy atom. The van der Waals surface area contributed by atoms with Gasteiger partial charge in [0, 0.05) is 36.5 Å². The van der Waals surface area contributed by atoms with Crippen LogP contribution in [-0.4, -0.2) is 10.5 Å². The highest BCUT2D eigenvalue weighted by atomic mass is 19.1. The average molecular weight is 400 g/mol. The topological polar surface area (TPSA) is 34.0 Å². The zero-order chi connectivity index (χ0) is 21.1. The number of rotatable bonds is 6. The van der Waals surface area contributed by atoms with E-state index < -0.39 is 0 Å². The van der Waals surface area contributed by atoms with Gasteiger partial charge in [0.2, 0.25) is 5.91 Å². The maximum atomic E-state index is 14.0. The number of hydrogen-bond donors (Lipinski definition) is 1. The Hall–Kier alpha value is -3.40. The van der Waals surface area contributed by atoms with Gasteiger partial charge in [-0.05, 0) is 41.8 Å². The lowest BCUT2D eigenvalue weighted by atomic mass is 9.87. The van der Waals surface area contributed by atoms with E-state index in [1.54, 1.807) is 6.07 Å². The van der Waals surface area contributed by atoms with Crippen molar-refractivity contribution in [2.45, 2.75) is 25.3 Å². The largest absolute Gasteiger partial charge is 0.350 e. The molecule has 1 heterocycles. The van der Waals surface area contributed by atoms with Gasteiger partial charge in [0.25, 0.3) is 0 Å². The smallest absolute Gasteiger partial charge is 0.221 e. The molecular formula is C26H25FN2O. The van der Waals surface area contributed by atoms with Crippen molar-refractivity contribution in [3.8, 4) is 0 Å². The van der Waals surface area contributed by atoms with Crippen LogP contribution in [-0.2, 0) is 11.8 Å². The summed E-state index contributed by atoms with van der Waals surface area (Å²) >= 11 is 0. The summed E-state index contributed by atoms with van der Waals surface area (Å²) in [6.45, 7) is 1.97. The molecule has 2 atom stereocenters. The van der Waals surface area contributed by atoms with Crippen LogP contribution in [0.1, 0.15) is 42.0 Å². The summed E-state index contributed by atoms with van der Waals surface area (Å²) in [5, 5.41) is 4.18. The predicted molar refractivity (Wildman–Crippen MR) is 119 cm³/mol. The molecule has 0 bridgehead atoms. The number of aryl methyl sites for hydroxylation is 1. The molecule has 30 heavy (non-hydrogen) atoms. The van der Waals surface area contributed by atoms with Crippen LogP contribution in [0.15, 0.2) is 85.1 Å². The molecule has 0 aliphatic rings. The zero-order valence-electron chi connectivity index (χ0n) is 17.2. The first-order valence-electron chi connectivity index (χ1n) is 10.2. The number of aromatic nitrogens is 1. The number of carbonyl (C=O) groups is 1. The first-order chi connectivity index (χ1) is 14.5. The van der Waals surface area contributed by atoms with Gasteiger partial charge in [-0.25, -0.2) is 4.39 Å². The number of hydrogen-bond acceptors (Lipinski definition) is 1. The van der Waals surface area contributed by atoms with Gasteiger partial charge < -0.3 is 9.88 Å². The van der Waals surface area contributed by atoms with Gasteiger partial charge in [0.15, 0.2) is 0 Å². The number of carbonyl (C=O) groups excluding carboxylic acids is 1. The molecule has 3 nitrogen and oxygen atoms in total. The van der Waals surface area contributed by atoms with E-state index in [0.29, 0.717) is 0 Å². The highest BCUT2D eigenvalue weighted by Crippen LogP contribution is 2.34. The van der Waals surface area contributed by atoms with Crippen LogP contribution in [0, 0.1) is 5.82 Å². The summed E-state index contributed by atoms with van der Waals surface area (Å²) in [6, 6.07) is 24.4. The van der Waals surface area contributed by atoms with Gasteiger partial charge >= 0.3 is 0 Å². The monoisotopic (exact) mass is 400 g/mol. The Bertz CT molecular complexity index is 1170. The SMILES string of the molecule is C[C@H](NC(=O)C[C@@H](c1cccc(F)c1)c1cn(C)c2ccccc12)c1ccccc1. The third kappa shape index (κ3) is 4.13. The third-order valence-corrected chi connectivity index (χ3v) is 5.62. The van der Waals surface area contributed by atoms with Gasteiger partial charge in [0.1, 0.15) is 5.82 Å². The lowest BCUT2D eigenvalue weighted by Gasteiger charge is -2.20. The van der Waals surface area contributed by atoms with E-state index in [-0.39, 0.29) is 30.1 Å². The van der Waals surface area contributed by atoms with E-state index in [0.717, 1.165) is 27.6 Å². The second kappa shape index (κ2) is 8.54. The lowest BCUT2D eigenvalue weighted by Crippen LogP contribution is -2.28. The summed E-state index contributed by atoms with van der Waals surface area (Å²) in [6.07, 6.45) is 2.29. The van der Waals surface area contributed by atoms with Crippen molar-refractivity contribution in [3.63, 3.8) is 0 Å². The van der Waals surface area contributed by atoms with Gasteiger partial charge in [-0.15, -0.1) is 0 Å². The molecule has 0 spiro atoms. The van der Waals surface area contributed by atoms with E-state index in [1.165, 1.54) is 12.1 Å². The van der Waals surface area contributed by atoms with Gasteiger partial charge in [-0.1, -0.05) is 60.7 Å². The Labute approximate surface area is 176 Å². The molecule has 0 radical (unpaired) electrons. The average Bonchev–Trinajstić information content (AvgIpc) is 3.09. The molecule has 0 aliphatic heterocycles. The van der Waals surface area contributed by atoms with Gasteiger partial charge in [-0.3, -0.25) is 4.79 Å². The van der Waals surface area contributed by atoms with Crippen molar-refractivity contribution in [2.24, 2.45) is 7.05 Å². The molecule has 0 unspecified atom stereocenters. The number of nitrogens with zero attached hydrogens (tertiary/aromatic N) is 1. The predicted octanol–water partition coefficient (Wildman–Crippen LogP) is 5.72. The van der Waals surface area contributed by atoms with Crippen LogP contribution >= 0.6 is 0 Å². The van der Waals surface area contributed by atoms with E-state index in [4.69, 9.17) is 0 Å². The third-order valence-electron chi connectivity index (χ3n) is 5.62. The second-order valence-corrected chi connectivity index (χ2v) is 7.72. The molecule has 1 aromatic heterocycles. The quantitative estimate of drug-likeness (QED) is 0.441. The molecule has 4 rings (SSSR count). The molecule has 152 valence electrons. The number of fused-ring (bicyclic) bond motifs is 1. The summed E-state index contributed by atoms with van der Waals surface area (Å²) in [7, 11) is 1.99. The van der Waals surface area contributed by atoms with Crippen molar-refractivity contribution in [1.82, 2.24) is 9.88 Å². The molecule has 1 N–H and O–H groups in total. The number of nitrogens with one attached hydrogen (secondary N) is 1. The van der Waals surface area contributed by atoms with Crippen molar-refractivity contribution in [2.75, 3.05) is 0 Å². The van der Waals surface area contributed by atoms with Gasteiger partial charge in [0.05, 0.1) is 6.04 Å². The minimum absolute atomic E-state index is 0.0615. The standard InChI is InChI=1S/C26H25FN2O/c1-18(19-9-4-3-5-10-19)28-26(30)16-23(20-11-8-12-21(27)15-20)24-17-29(2)25-14-7-6-13-22(24)25/h3-15,17-18,23H,16H2,1-2H3,(H,28,30)/t18-,23-/m0/s1. The molecule has 3 aromatic carbocycles. The second-order valence-electron chi connectivity index (χ2n) is 7.72. The molecule has 0 aliphatic carbocycles. The highest BCUT2D eigenvalue weighted by Gasteiger charge is 2.23. The first kappa shape index (κ1) is 19.9. The highest BCUT2D eigenvalue weighted by molar-refractivity contribution is 5.86. The first-order valence-corrected chi connectivity index (χ1v) is 10.2. The van der Waals surface area contributed by atoms with E-state index >= 15 is 0 Å². The number of amides is 1. The van der Waals surface area contributed by atoms with E-state index in [9.17, 15) is 9.18 Å².